The molecule has 1 heterocycles. The van der Waals surface area contributed by atoms with E-state index in [1.54, 1.807) is 0 Å². The van der Waals surface area contributed by atoms with Gasteiger partial charge < -0.3 is 4.90 Å². The zero-order chi connectivity index (χ0) is 8.27. The predicted molar refractivity (Wildman–Crippen MR) is 44.0 cm³/mol. The van der Waals surface area contributed by atoms with E-state index in [4.69, 9.17) is 0 Å². The Hall–Kier alpha value is -0.130. The van der Waals surface area contributed by atoms with E-state index in [0.29, 0.717) is 13.1 Å². The van der Waals surface area contributed by atoms with Crippen LogP contribution in [0.4, 0.5) is 0 Å². The van der Waals surface area contributed by atoms with Gasteiger partial charge in [0.05, 0.1) is 0 Å². The van der Waals surface area contributed by atoms with E-state index in [1.807, 2.05) is 0 Å². The minimum absolute atomic E-state index is 0.659. The highest BCUT2D eigenvalue weighted by Crippen LogP contribution is 1.99. The van der Waals surface area contributed by atoms with Gasteiger partial charge in [0.1, 0.15) is 0 Å². The van der Waals surface area contributed by atoms with Gasteiger partial charge in [0.25, 0.3) is 0 Å². The minimum atomic E-state index is -2.34. The summed E-state index contributed by atoms with van der Waals surface area (Å²) in [6.45, 7) is 6.18. The number of hydrogen-bond donors (Lipinski definition) is 1. The van der Waals surface area contributed by atoms with Crippen LogP contribution in [0.2, 0.25) is 0 Å². The van der Waals surface area contributed by atoms with Crippen molar-refractivity contribution in [3.8, 4) is 0 Å². The summed E-state index contributed by atoms with van der Waals surface area (Å²) >= 11 is 0. The van der Waals surface area contributed by atoms with Crippen molar-refractivity contribution < 1.29 is 8.42 Å². The molecule has 0 aromatic heterocycles. The number of piperazine rings is 1. The highest BCUT2D eigenvalue weighted by molar-refractivity contribution is 7.69. The molecular formula is C6H14N2O2S. The fourth-order valence-electron chi connectivity index (χ4n) is 1.22. The van der Waals surface area contributed by atoms with Gasteiger partial charge in [-0.05, 0) is 6.54 Å². The van der Waals surface area contributed by atoms with E-state index in [1.165, 1.54) is 4.31 Å². The van der Waals surface area contributed by atoms with Crippen LogP contribution in [0.5, 0.6) is 0 Å². The van der Waals surface area contributed by atoms with Crippen molar-refractivity contribution in [3.05, 3.63) is 0 Å². The van der Waals surface area contributed by atoms with Gasteiger partial charge in [0.15, 0.2) is 0 Å². The fraction of sp³-hybridized carbons (Fsp3) is 1.00. The molecule has 5 heteroatoms. The molecule has 0 aliphatic carbocycles. The van der Waals surface area contributed by atoms with Gasteiger partial charge in [0.2, 0.25) is 10.9 Å². The number of thiol groups is 1. The number of hydrogen-bond acceptors (Lipinski definition) is 3. The molecule has 0 saturated carbocycles. The van der Waals surface area contributed by atoms with Crippen molar-refractivity contribution in [2.45, 2.75) is 6.92 Å². The third kappa shape index (κ3) is 2.43. The molecule has 0 N–H and O–H groups in total. The Morgan fingerprint density at radius 3 is 2.09 bits per heavy atom. The van der Waals surface area contributed by atoms with Crippen LogP contribution in [0.25, 0.3) is 0 Å². The summed E-state index contributed by atoms with van der Waals surface area (Å²) < 4.78 is 22.5. The predicted octanol–water partition coefficient (Wildman–Crippen LogP) is -0.850. The third-order valence-electron chi connectivity index (χ3n) is 2.03. The number of rotatable bonds is 2. The molecule has 0 atom stereocenters. The SMILES string of the molecule is CCN1CCN([SH](=O)=O)CC1. The maximum atomic E-state index is 10.5. The van der Waals surface area contributed by atoms with Crippen LogP contribution in [0.15, 0.2) is 0 Å². The molecule has 0 amide bonds. The van der Waals surface area contributed by atoms with Crippen LogP contribution in [0, 0.1) is 0 Å². The average Bonchev–Trinajstić information content (AvgIpc) is 2.05. The van der Waals surface area contributed by atoms with E-state index in [0.717, 1.165) is 19.6 Å². The zero-order valence-electron chi connectivity index (χ0n) is 6.69. The van der Waals surface area contributed by atoms with Gasteiger partial charge in [-0.3, -0.25) is 0 Å². The molecule has 0 aromatic carbocycles. The van der Waals surface area contributed by atoms with E-state index in [2.05, 4.69) is 11.8 Å². The molecular weight excluding hydrogens is 164 g/mol. The lowest BCUT2D eigenvalue weighted by Gasteiger charge is -2.30. The van der Waals surface area contributed by atoms with Gasteiger partial charge in [-0.25, -0.2) is 12.7 Å². The maximum absolute atomic E-state index is 10.5. The van der Waals surface area contributed by atoms with Gasteiger partial charge in [0, 0.05) is 26.2 Å². The molecule has 0 aromatic rings. The van der Waals surface area contributed by atoms with Crippen LogP contribution in [-0.4, -0.2) is 50.3 Å². The first kappa shape index (κ1) is 8.96. The largest absolute Gasteiger partial charge is 0.301 e. The smallest absolute Gasteiger partial charge is 0.204 e. The van der Waals surface area contributed by atoms with Gasteiger partial charge >= 0.3 is 0 Å². The topological polar surface area (TPSA) is 40.6 Å². The first-order valence-electron chi connectivity index (χ1n) is 3.85. The van der Waals surface area contributed by atoms with Crippen LogP contribution in [0.1, 0.15) is 6.92 Å². The normalized spacial score (nSPS) is 22.7. The van der Waals surface area contributed by atoms with Crippen molar-refractivity contribution >= 4 is 10.9 Å². The fourth-order valence-corrected chi connectivity index (χ4v) is 1.72. The van der Waals surface area contributed by atoms with Crippen molar-refractivity contribution in [2.75, 3.05) is 32.7 Å². The average molecular weight is 178 g/mol. The highest BCUT2D eigenvalue weighted by atomic mass is 32.2. The Kier molecular flexibility index (Phi) is 3.29. The second kappa shape index (κ2) is 4.04. The summed E-state index contributed by atoms with van der Waals surface area (Å²) in [5.41, 5.74) is 0. The van der Waals surface area contributed by atoms with Gasteiger partial charge in [-0.1, -0.05) is 6.92 Å². The Balaban J connectivity index is 2.36. The summed E-state index contributed by atoms with van der Waals surface area (Å²) in [5.74, 6) is 0. The monoisotopic (exact) mass is 178 g/mol. The molecule has 0 unspecified atom stereocenters. The molecule has 1 rings (SSSR count). The summed E-state index contributed by atoms with van der Waals surface area (Å²) in [6, 6.07) is 0. The van der Waals surface area contributed by atoms with Crippen LogP contribution >= 0.6 is 0 Å². The van der Waals surface area contributed by atoms with Crippen LogP contribution < -0.4 is 0 Å². The Bertz CT molecular complexity index is 177. The van der Waals surface area contributed by atoms with Crippen LogP contribution in [0.3, 0.4) is 0 Å². The second-order valence-corrected chi connectivity index (χ2v) is 3.67. The minimum Gasteiger partial charge on any atom is -0.301 e. The van der Waals surface area contributed by atoms with Gasteiger partial charge in [-0.15, -0.1) is 0 Å². The quantitative estimate of drug-likeness (QED) is 0.560. The molecule has 11 heavy (non-hydrogen) atoms. The highest BCUT2D eigenvalue weighted by Gasteiger charge is 2.15. The lowest BCUT2D eigenvalue weighted by atomic mass is 10.4. The standard InChI is InChI=1S/C6H14N2O2S/c1-2-7-3-5-8(6-4-7)11(9)10/h11H,2-6H2,1H3. The molecule has 1 saturated heterocycles. The second-order valence-electron chi connectivity index (χ2n) is 2.63. The summed E-state index contributed by atoms with van der Waals surface area (Å²) in [5, 5.41) is 0. The summed E-state index contributed by atoms with van der Waals surface area (Å²) in [4.78, 5) is 2.25. The van der Waals surface area contributed by atoms with E-state index >= 15 is 0 Å². The number of likely N-dealkylation sites (N-methyl/N-ethyl adjacent to an activating group) is 1. The molecule has 1 aliphatic rings. The molecule has 4 nitrogen and oxygen atoms in total. The maximum Gasteiger partial charge on any atom is 0.204 e. The lowest BCUT2D eigenvalue weighted by molar-refractivity contribution is 0.199. The zero-order valence-corrected chi connectivity index (χ0v) is 7.59. The van der Waals surface area contributed by atoms with E-state index in [9.17, 15) is 8.42 Å². The Labute approximate surface area is 68.9 Å². The Morgan fingerprint density at radius 1 is 1.18 bits per heavy atom. The lowest BCUT2D eigenvalue weighted by Crippen LogP contribution is -2.45. The first-order valence-corrected chi connectivity index (χ1v) is 4.98. The molecule has 66 valence electrons. The van der Waals surface area contributed by atoms with Gasteiger partial charge in [-0.2, -0.15) is 0 Å². The summed E-state index contributed by atoms with van der Waals surface area (Å²) in [7, 11) is -2.34. The molecule has 1 fully saturated rings. The Morgan fingerprint density at radius 2 is 1.73 bits per heavy atom. The first-order chi connectivity index (χ1) is 5.24. The van der Waals surface area contributed by atoms with Crippen molar-refractivity contribution in [2.24, 2.45) is 0 Å². The third-order valence-corrected chi connectivity index (χ3v) is 2.89. The van der Waals surface area contributed by atoms with Crippen molar-refractivity contribution in [1.29, 1.82) is 0 Å². The molecule has 0 radical (unpaired) electrons. The molecule has 0 bridgehead atoms. The van der Waals surface area contributed by atoms with E-state index in [-0.39, 0.29) is 0 Å². The summed E-state index contributed by atoms with van der Waals surface area (Å²) in [6.07, 6.45) is 0. The van der Waals surface area contributed by atoms with Crippen molar-refractivity contribution in [1.82, 2.24) is 9.21 Å². The van der Waals surface area contributed by atoms with E-state index < -0.39 is 10.9 Å². The van der Waals surface area contributed by atoms with Crippen molar-refractivity contribution in [3.63, 3.8) is 0 Å². The van der Waals surface area contributed by atoms with Crippen LogP contribution in [-0.2, 0) is 10.9 Å². The molecule has 1 aliphatic heterocycles. The molecule has 0 spiro atoms. The number of nitrogens with zero attached hydrogens (tertiary/aromatic N) is 2.